The van der Waals surface area contributed by atoms with E-state index in [1.54, 1.807) is 13.2 Å². The number of nitrogens with one attached hydrogen (secondary N) is 2. The minimum absolute atomic E-state index is 0. The minimum atomic E-state index is -0.210. The van der Waals surface area contributed by atoms with Gasteiger partial charge in [0.15, 0.2) is 5.96 Å². The number of rotatable bonds is 8. The predicted molar refractivity (Wildman–Crippen MR) is 134 cm³/mol. The number of aliphatic imine (C=N–C) groups is 1. The van der Waals surface area contributed by atoms with Crippen LogP contribution in [0.1, 0.15) is 18.1 Å². The van der Waals surface area contributed by atoms with Crippen molar-refractivity contribution < 1.29 is 13.9 Å². The summed E-state index contributed by atoms with van der Waals surface area (Å²) in [5.41, 5.74) is 2.61. The summed E-state index contributed by atoms with van der Waals surface area (Å²) in [6.45, 7) is 6.61. The van der Waals surface area contributed by atoms with Crippen LogP contribution < -0.4 is 20.3 Å². The van der Waals surface area contributed by atoms with E-state index in [1.165, 1.54) is 0 Å². The van der Waals surface area contributed by atoms with Crippen LogP contribution in [0.3, 0.4) is 0 Å². The molecule has 0 bridgehead atoms. The number of guanidine groups is 1. The van der Waals surface area contributed by atoms with Crippen molar-refractivity contribution >= 4 is 35.6 Å². The molecule has 0 saturated carbocycles. The van der Waals surface area contributed by atoms with Gasteiger partial charge in [-0.15, -0.1) is 24.0 Å². The number of morpholine rings is 1. The van der Waals surface area contributed by atoms with Crippen molar-refractivity contribution in [1.29, 1.82) is 0 Å². The molecule has 0 aromatic heterocycles. The Bertz CT molecular complexity index is 844. The highest BCUT2D eigenvalue weighted by molar-refractivity contribution is 14.0. The number of methoxy groups -OCH3 is 1. The number of benzene rings is 2. The third-order valence-corrected chi connectivity index (χ3v) is 5.01. The Morgan fingerprint density at radius 1 is 1.16 bits per heavy atom. The second-order valence-corrected chi connectivity index (χ2v) is 7.07. The van der Waals surface area contributed by atoms with Gasteiger partial charge in [0.25, 0.3) is 0 Å². The third-order valence-electron chi connectivity index (χ3n) is 5.01. The summed E-state index contributed by atoms with van der Waals surface area (Å²) in [6, 6.07) is 13.3. The number of halogens is 2. The third kappa shape index (κ3) is 7.53. The summed E-state index contributed by atoms with van der Waals surface area (Å²) in [7, 11) is 1.68. The van der Waals surface area contributed by atoms with Crippen LogP contribution in [0.2, 0.25) is 0 Å². The normalized spacial score (nSPS) is 14.0. The molecule has 3 rings (SSSR count). The van der Waals surface area contributed by atoms with E-state index in [4.69, 9.17) is 9.47 Å². The highest BCUT2D eigenvalue weighted by atomic mass is 127. The SMILES string of the molecule is CCNC(=NCc1ccc(N2CCOCC2)c(F)c1)NCCc1ccccc1OC.I. The van der Waals surface area contributed by atoms with Crippen molar-refractivity contribution in [1.82, 2.24) is 10.6 Å². The summed E-state index contributed by atoms with van der Waals surface area (Å²) in [6.07, 6.45) is 0.817. The van der Waals surface area contributed by atoms with Gasteiger partial charge in [-0.25, -0.2) is 9.38 Å². The smallest absolute Gasteiger partial charge is 0.191 e. The van der Waals surface area contributed by atoms with Crippen molar-refractivity contribution in [3.05, 3.63) is 59.4 Å². The van der Waals surface area contributed by atoms with Crippen molar-refractivity contribution in [3.8, 4) is 5.75 Å². The first-order valence-electron chi connectivity index (χ1n) is 10.5. The molecule has 0 unspecified atom stereocenters. The lowest BCUT2D eigenvalue weighted by Gasteiger charge is -2.29. The molecule has 0 atom stereocenters. The molecule has 2 N–H and O–H groups in total. The van der Waals surface area contributed by atoms with Crippen molar-refractivity contribution in [2.75, 3.05) is 51.4 Å². The number of hydrogen-bond acceptors (Lipinski definition) is 4. The van der Waals surface area contributed by atoms with E-state index in [9.17, 15) is 4.39 Å². The average Bonchev–Trinajstić information content (AvgIpc) is 2.78. The Balaban J connectivity index is 0.00000341. The fourth-order valence-electron chi connectivity index (χ4n) is 3.45. The maximum atomic E-state index is 14.6. The van der Waals surface area contributed by atoms with E-state index in [0.29, 0.717) is 31.4 Å². The second kappa shape index (κ2) is 13.4. The monoisotopic (exact) mass is 542 g/mol. The van der Waals surface area contributed by atoms with Gasteiger partial charge in [0.2, 0.25) is 0 Å². The van der Waals surface area contributed by atoms with Crippen LogP contribution in [0.4, 0.5) is 10.1 Å². The van der Waals surface area contributed by atoms with Crippen LogP contribution in [0.5, 0.6) is 5.75 Å². The lowest BCUT2D eigenvalue weighted by Crippen LogP contribution is -2.38. The molecule has 8 heteroatoms. The average molecular weight is 542 g/mol. The Morgan fingerprint density at radius 3 is 2.65 bits per heavy atom. The Labute approximate surface area is 201 Å². The molecule has 1 fully saturated rings. The summed E-state index contributed by atoms with van der Waals surface area (Å²) < 4.78 is 25.3. The van der Waals surface area contributed by atoms with Gasteiger partial charge < -0.3 is 25.0 Å². The summed E-state index contributed by atoms with van der Waals surface area (Å²) >= 11 is 0. The number of ether oxygens (including phenoxy) is 2. The first-order valence-corrected chi connectivity index (χ1v) is 10.5. The van der Waals surface area contributed by atoms with Gasteiger partial charge in [-0.05, 0) is 42.7 Å². The molecule has 1 aliphatic heterocycles. The number of hydrogen-bond donors (Lipinski definition) is 2. The second-order valence-electron chi connectivity index (χ2n) is 7.07. The van der Waals surface area contributed by atoms with Gasteiger partial charge >= 0.3 is 0 Å². The van der Waals surface area contributed by atoms with Gasteiger partial charge in [-0.1, -0.05) is 24.3 Å². The predicted octanol–water partition coefficient (Wildman–Crippen LogP) is 3.59. The fourth-order valence-corrected chi connectivity index (χ4v) is 3.45. The molecule has 0 aliphatic carbocycles. The molecule has 1 aliphatic rings. The van der Waals surface area contributed by atoms with Crippen LogP contribution in [-0.4, -0.2) is 52.5 Å². The van der Waals surface area contributed by atoms with Crippen LogP contribution in [0.15, 0.2) is 47.5 Å². The topological polar surface area (TPSA) is 58.1 Å². The van der Waals surface area contributed by atoms with E-state index in [2.05, 4.69) is 21.7 Å². The highest BCUT2D eigenvalue weighted by Gasteiger charge is 2.15. The highest BCUT2D eigenvalue weighted by Crippen LogP contribution is 2.22. The lowest BCUT2D eigenvalue weighted by atomic mass is 10.1. The standard InChI is InChI=1S/C23H31FN4O2.HI/c1-3-25-23(26-11-10-19-6-4-5-7-22(19)29-2)27-17-18-8-9-21(20(24)16-18)28-12-14-30-15-13-28;/h4-9,16H,3,10-15,17H2,1-2H3,(H2,25,26,27);1H. The zero-order chi connectivity index (χ0) is 21.2. The summed E-state index contributed by atoms with van der Waals surface area (Å²) in [5.74, 6) is 1.39. The van der Waals surface area contributed by atoms with Crippen LogP contribution in [0, 0.1) is 5.82 Å². The maximum Gasteiger partial charge on any atom is 0.191 e. The van der Waals surface area contributed by atoms with E-state index in [0.717, 1.165) is 49.5 Å². The molecular formula is C23H32FIN4O2. The Hall–Kier alpha value is -2.07. The van der Waals surface area contributed by atoms with Crippen molar-refractivity contribution in [2.45, 2.75) is 19.9 Å². The minimum Gasteiger partial charge on any atom is -0.496 e. The maximum absolute atomic E-state index is 14.6. The Morgan fingerprint density at radius 2 is 1.94 bits per heavy atom. The molecule has 1 heterocycles. The lowest BCUT2D eigenvalue weighted by molar-refractivity contribution is 0.122. The van der Waals surface area contributed by atoms with Gasteiger partial charge in [0.1, 0.15) is 11.6 Å². The van der Waals surface area contributed by atoms with Crippen molar-refractivity contribution in [2.24, 2.45) is 4.99 Å². The van der Waals surface area contributed by atoms with E-state index in [1.807, 2.05) is 42.2 Å². The van der Waals surface area contributed by atoms with E-state index in [-0.39, 0.29) is 29.8 Å². The number of nitrogens with zero attached hydrogens (tertiary/aromatic N) is 2. The summed E-state index contributed by atoms with van der Waals surface area (Å²) in [4.78, 5) is 6.63. The molecule has 31 heavy (non-hydrogen) atoms. The summed E-state index contributed by atoms with van der Waals surface area (Å²) in [5, 5.41) is 6.57. The molecule has 170 valence electrons. The molecule has 1 saturated heterocycles. The molecule has 6 nitrogen and oxygen atoms in total. The van der Waals surface area contributed by atoms with Gasteiger partial charge in [0.05, 0.1) is 32.6 Å². The van der Waals surface area contributed by atoms with Gasteiger partial charge in [-0.3, -0.25) is 0 Å². The van der Waals surface area contributed by atoms with E-state index >= 15 is 0 Å². The molecular weight excluding hydrogens is 510 g/mol. The van der Waals surface area contributed by atoms with Crippen molar-refractivity contribution in [3.63, 3.8) is 0 Å². The van der Waals surface area contributed by atoms with Crippen LogP contribution in [0.25, 0.3) is 0 Å². The quantitative estimate of drug-likeness (QED) is 0.304. The largest absolute Gasteiger partial charge is 0.496 e. The van der Waals surface area contributed by atoms with Gasteiger partial charge in [0, 0.05) is 26.2 Å². The molecule has 0 amide bonds. The number of anilines is 1. The van der Waals surface area contributed by atoms with E-state index < -0.39 is 0 Å². The Kier molecular flexibility index (Phi) is 10.9. The molecule has 2 aromatic carbocycles. The van der Waals surface area contributed by atoms with Gasteiger partial charge in [-0.2, -0.15) is 0 Å². The zero-order valence-electron chi connectivity index (χ0n) is 18.2. The first kappa shape index (κ1) is 25.2. The van der Waals surface area contributed by atoms with Crippen LogP contribution >= 0.6 is 24.0 Å². The zero-order valence-corrected chi connectivity index (χ0v) is 20.5. The fraction of sp³-hybridized carbons (Fsp3) is 0.435. The first-order chi connectivity index (χ1) is 14.7. The number of para-hydroxylation sites is 1. The molecule has 0 radical (unpaired) electrons. The van der Waals surface area contributed by atoms with Crippen LogP contribution in [-0.2, 0) is 17.7 Å². The molecule has 0 spiro atoms. The molecule has 2 aromatic rings.